The number of hydrogen-bond donors (Lipinski definition) is 1. The van der Waals surface area contributed by atoms with E-state index in [4.69, 9.17) is 0 Å². The molecule has 2 fully saturated rings. The van der Waals surface area contributed by atoms with Crippen LogP contribution in [0.15, 0.2) is 35.7 Å². The molecule has 1 saturated heterocycles. The number of piperidine rings is 1. The Morgan fingerprint density at radius 3 is 2.81 bits per heavy atom. The summed E-state index contributed by atoms with van der Waals surface area (Å²) in [5.74, 6) is 0.165. The van der Waals surface area contributed by atoms with Crippen LogP contribution in [-0.2, 0) is 22.6 Å². The summed E-state index contributed by atoms with van der Waals surface area (Å²) in [5.41, 5.74) is 2.14. The molecule has 0 radical (unpaired) electrons. The first-order valence-electron chi connectivity index (χ1n) is 9.23. The Balaban J connectivity index is 1.28. The minimum atomic E-state index is -0.0873. The summed E-state index contributed by atoms with van der Waals surface area (Å²) in [7, 11) is 0. The molecule has 1 N–H and O–H groups in total. The first kappa shape index (κ1) is 17.2. The molecule has 2 amide bonds. The van der Waals surface area contributed by atoms with Gasteiger partial charge in [-0.2, -0.15) is 0 Å². The number of aromatic nitrogens is 1. The van der Waals surface area contributed by atoms with Gasteiger partial charge in [0, 0.05) is 30.8 Å². The highest BCUT2D eigenvalue weighted by molar-refractivity contribution is 7.09. The van der Waals surface area contributed by atoms with Gasteiger partial charge < -0.3 is 10.2 Å². The summed E-state index contributed by atoms with van der Waals surface area (Å²) in [4.78, 5) is 31.0. The Bertz CT molecular complexity index is 785. The predicted molar refractivity (Wildman–Crippen MR) is 101 cm³/mol. The van der Waals surface area contributed by atoms with Crippen LogP contribution in [0.1, 0.15) is 41.9 Å². The van der Waals surface area contributed by atoms with Crippen molar-refractivity contribution in [3.63, 3.8) is 0 Å². The van der Waals surface area contributed by atoms with Gasteiger partial charge in [0.15, 0.2) is 0 Å². The summed E-state index contributed by atoms with van der Waals surface area (Å²) < 4.78 is 0. The summed E-state index contributed by atoms with van der Waals surface area (Å²) in [5, 5.41) is 6.08. The molecule has 1 saturated carbocycles. The second kappa shape index (κ2) is 7.58. The lowest BCUT2D eigenvalue weighted by Gasteiger charge is -2.32. The summed E-state index contributed by atoms with van der Waals surface area (Å²) in [6.07, 6.45) is 4.14. The number of rotatable bonds is 6. The number of nitrogens with zero attached hydrogens (tertiary/aromatic N) is 2. The number of amides is 2. The highest BCUT2D eigenvalue weighted by Crippen LogP contribution is 2.31. The van der Waals surface area contributed by atoms with E-state index in [1.807, 2.05) is 28.5 Å². The molecule has 6 heteroatoms. The van der Waals surface area contributed by atoms with E-state index in [0.717, 1.165) is 30.0 Å². The average molecular weight is 369 g/mol. The smallest absolute Gasteiger partial charge is 0.225 e. The molecule has 136 valence electrons. The number of hydrogen-bond acceptors (Lipinski definition) is 4. The zero-order valence-corrected chi connectivity index (χ0v) is 15.5. The molecule has 1 aromatic carbocycles. The number of carbonyl (C=O) groups excluding carboxylic acids is 2. The van der Waals surface area contributed by atoms with Gasteiger partial charge in [0.25, 0.3) is 0 Å². The van der Waals surface area contributed by atoms with Crippen molar-refractivity contribution in [2.45, 2.75) is 44.7 Å². The van der Waals surface area contributed by atoms with Gasteiger partial charge in [0.05, 0.1) is 23.2 Å². The lowest BCUT2D eigenvalue weighted by atomic mass is 9.96. The van der Waals surface area contributed by atoms with Crippen molar-refractivity contribution in [2.24, 2.45) is 5.92 Å². The zero-order valence-electron chi connectivity index (χ0n) is 14.7. The Hall–Kier alpha value is -2.21. The van der Waals surface area contributed by atoms with Gasteiger partial charge in [-0.25, -0.2) is 4.98 Å². The van der Waals surface area contributed by atoms with Gasteiger partial charge in [-0.15, -0.1) is 11.3 Å². The monoisotopic (exact) mass is 369 g/mol. The van der Waals surface area contributed by atoms with Gasteiger partial charge in [-0.05, 0) is 24.8 Å². The van der Waals surface area contributed by atoms with Crippen molar-refractivity contribution in [3.8, 4) is 0 Å². The molecular weight excluding hydrogens is 346 g/mol. The SMILES string of the molecule is O=C(NCc1csc(Cc2ccccc2)n1)C1CCC(=O)N(C2CC2)C1. The van der Waals surface area contributed by atoms with Crippen LogP contribution in [0.2, 0.25) is 0 Å². The van der Waals surface area contributed by atoms with Crippen molar-refractivity contribution < 1.29 is 9.59 Å². The Kier molecular flexibility index (Phi) is 5.02. The second-order valence-corrected chi connectivity index (χ2v) is 8.07. The van der Waals surface area contributed by atoms with Crippen molar-refractivity contribution >= 4 is 23.2 Å². The molecule has 4 rings (SSSR count). The number of thiazole rings is 1. The van der Waals surface area contributed by atoms with Gasteiger partial charge in [0.2, 0.25) is 11.8 Å². The van der Waals surface area contributed by atoms with Crippen LogP contribution in [0.25, 0.3) is 0 Å². The predicted octanol–water partition coefficient (Wildman–Crippen LogP) is 2.75. The van der Waals surface area contributed by atoms with Gasteiger partial charge in [-0.1, -0.05) is 30.3 Å². The molecule has 2 heterocycles. The molecule has 1 atom stereocenters. The fourth-order valence-corrected chi connectivity index (χ4v) is 4.26. The maximum Gasteiger partial charge on any atom is 0.225 e. The fourth-order valence-electron chi connectivity index (χ4n) is 3.43. The molecule has 5 nitrogen and oxygen atoms in total. The Morgan fingerprint density at radius 2 is 2.04 bits per heavy atom. The molecule has 26 heavy (non-hydrogen) atoms. The standard InChI is InChI=1S/C20H23N3O2S/c24-19-9-6-15(12-23(19)17-7-8-17)20(25)21-11-16-13-26-18(22-16)10-14-4-2-1-3-5-14/h1-5,13,15,17H,6-12H2,(H,21,25). The molecule has 0 spiro atoms. The molecular formula is C20H23N3O2S. The maximum absolute atomic E-state index is 12.5. The molecule has 0 bridgehead atoms. The maximum atomic E-state index is 12.5. The summed E-state index contributed by atoms with van der Waals surface area (Å²) in [6, 6.07) is 10.7. The largest absolute Gasteiger partial charge is 0.350 e. The topological polar surface area (TPSA) is 62.3 Å². The highest BCUT2D eigenvalue weighted by Gasteiger charge is 2.38. The molecule has 1 unspecified atom stereocenters. The third-order valence-corrected chi connectivity index (χ3v) is 5.94. The van der Waals surface area contributed by atoms with Crippen LogP contribution in [0.3, 0.4) is 0 Å². The molecule has 1 aromatic heterocycles. The first-order valence-corrected chi connectivity index (χ1v) is 10.1. The van der Waals surface area contributed by atoms with E-state index in [1.165, 1.54) is 5.56 Å². The van der Waals surface area contributed by atoms with E-state index in [2.05, 4.69) is 22.4 Å². The quantitative estimate of drug-likeness (QED) is 0.852. The number of benzene rings is 1. The first-order chi connectivity index (χ1) is 12.7. The fraction of sp³-hybridized carbons (Fsp3) is 0.450. The number of nitrogens with one attached hydrogen (secondary N) is 1. The Morgan fingerprint density at radius 1 is 1.23 bits per heavy atom. The van der Waals surface area contributed by atoms with E-state index in [-0.39, 0.29) is 17.7 Å². The molecule has 1 aliphatic carbocycles. The van der Waals surface area contributed by atoms with Crippen molar-refractivity contribution in [1.82, 2.24) is 15.2 Å². The molecule has 2 aromatic rings. The lowest BCUT2D eigenvalue weighted by molar-refractivity contribution is -0.138. The Labute approximate surface area is 157 Å². The average Bonchev–Trinajstić information content (AvgIpc) is 3.41. The van der Waals surface area contributed by atoms with Crippen LogP contribution in [0.4, 0.5) is 0 Å². The minimum Gasteiger partial charge on any atom is -0.350 e. The van der Waals surface area contributed by atoms with Gasteiger partial charge in [-0.3, -0.25) is 9.59 Å². The van der Waals surface area contributed by atoms with Crippen LogP contribution >= 0.6 is 11.3 Å². The van der Waals surface area contributed by atoms with E-state index in [1.54, 1.807) is 11.3 Å². The van der Waals surface area contributed by atoms with Crippen LogP contribution in [0, 0.1) is 5.92 Å². The van der Waals surface area contributed by atoms with Gasteiger partial charge in [0.1, 0.15) is 0 Å². The summed E-state index contributed by atoms with van der Waals surface area (Å²) in [6.45, 7) is 1.03. The van der Waals surface area contributed by atoms with E-state index in [0.29, 0.717) is 32.0 Å². The van der Waals surface area contributed by atoms with E-state index < -0.39 is 0 Å². The van der Waals surface area contributed by atoms with Crippen LogP contribution < -0.4 is 5.32 Å². The summed E-state index contributed by atoms with van der Waals surface area (Å²) >= 11 is 1.63. The molecule has 2 aliphatic rings. The van der Waals surface area contributed by atoms with Crippen molar-refractivity contribution in [1.29, 1.82) is 0 Å². The van der Waals surface area contributed by atoms with E-state index in [9.17, 15) is 9.59 Å². The second-order valence-electron chi connectivity index (χ2n) is 7.13. The van der Waals surface area contributed by atoms with Gasteiger partial charge >= 0.3 is 0 Å². The van der Waals surface area contributed by atoms with E-state index >= 15 is 0 Å². The zero-order chi connectivity index (χ0) is 17.9. The molecule has 1 aliphatic heterocycles. The number of likely N-dealkylation sites (tertiary alicyclic amines) is 1. The van der Waals surface area contributed by atoms with Crippen molar-refractivity contribution in [3.05, 3.63) is 52.0 Å². The van der Waals surface area contributed by atoms with Crippen LogP contribution in [-0.4, -0.2) is 34.3 Å². The third kappa shape index (κ3) is 4.12. The highest BCUT2D eigenvalue weighted by atomic mass is 32.1. The number of carbonyl (C=O) groups is 2. The van der Waals surface area contributed by atoms with Crippen LogP contribution in [0.5, 0.6) is 0 Å². The normalized spacial score (nSPS) is 20.2. The minimum absolute atomic E-state index is 0.0424. The third-order valence-electron chi connectivity index (χ3n) is 5.04. The lowest BCUT2D eigenvalue weighted by Crippen LogP contribution is -2.46. The van der Waals surface area contributed by atoms with Crippen molar-refractivity contribution in [2.75, 3.05) is 6.54 Å².